The van der Waals surface area contributed by atoms with E-state index in [9.17, 15) is 18.0 Å². The molecule has 0 atom stereocenters. The number of amides is 2. The molecule has 0 spiro atoms. The number of carbonyl (C=O) groups is 2. The molecule has 4 rings (SSSR count). The molecule has 11 heteroatoms. The largest absolute Gasteiger partial charge is 0.497 e. The van der Waals surface area contributed by atoms with E-state index in [0.717, 1.165) is 0 Å². The maximum atomic E-state index is 13.1. The van der Waals surface area contributed by atoms with Crippen LogP contribution in [0.1, 0.15) is 20.7 Å². The number of hydrogen-bond donors (Lipinski definition) is 2. The van der Waals surface area contributed by atoms with Gasteiger partial charge in [-0.3, -0.25) is 9.59 Å². The molecule has 1 aliphatic heterocycles. The quantitative estimate of drug-likeness (QED) is 0.480. The second-order valence-corrected chi connectivity index (χ2v) is 10.2. The number of morpholine rings is 1. The molecule has 1 heterocycles. The Labute approximate surface area is 214 Å². The minimum absolute atomic E-state index is 0.0311. The summed E-state index contributed by atoms with van der Waals surface area (Å²) in [5.74, 6) is -0.440. The van der Waals surface area contributed by atoms with Crippen molar-refractivity contribution in [3.05, 3.63) is 82.9 Å². The number of nitrogens with one attached hydrogen (secondary N) is 2. The molecule has 2 N–H and O–H groups in total. The van der Waals surface area contributed by atoms with Gasteiger partial charge < -0.3 is 20.1 Å². The van der Waals surface area contributed by atoms with Crippen molar-refractivity contribution in [2.75, 3.05) is 44.0 Å². The molecule has 1 fully saturated rings. The zero-order chi connectivity index (χ0) is 25.7. The van der Waals surface area contributed by atoms with Gasteiger partial charge in [0.1, 0.15) is 5.75 Å². The molecule has 1 saturated heterocycles. The summed E-state index contributed by atoms with van der Waals surface area (Å²) in [6, 6.07) is 17.2. The van der Waals surface area contributed by atoms with Crippen molar-refractivity contribution in [2.45, 2.75) is 4.90 Å². The summed E-state index contributed by atoms with van der Waals surface area (Å²) in [5, 5.41) is 5.53. The minimum Gasteiger partial charge on any atom is -0.497 e. The highest BCUT2D eigenvalue weighted by atomic mass is 35.5. The van der Waals surface area contributed by atoms with Crippen LogP contribution in [0.2, 0.25) is 5.02 Å². The maximum Gasteiger partial charge on any atom is 0.257 e. The Balaban J connectivity index is 1.55. The van der Waals surface area contributed by atoms with Crippen molar-refractivity contribution in [3.63, 3.8) is 0 Å². The Morgan fingerprint density at radius 3 is 2.28 bits per heavy atom. The van der Waals surface area contributed by atoms with E-state index >= 15 is 0 Å². The third-order valence-electron chi connectivity index (χ3n) is 5.56. The van der Waals surface area contributed by atoms with Crippen molar-refractivity contribution in [3.8, 4) is 5.75 Å². The summed E-state index contributed by atoms with van der Waals surface area (Å²) in [5.41, 5.74) is 0.975. The van der Waals surface area contributed by atoms with Gasteiger partial charge in [0, 0.05) is 18.8 Å². The molecule has 9 nitrogen and oxygen atoms in total. The Morgan fingerprint density at radius 2 is 1.58 bits per heavy atom. The number of anilines is 2. The number of rotatable bonds is 7. The molecule has 3 aromatic carbocycles. The zero-order valence-corrected chi connectivity index (χ0v) is 20.9. The van der Waals surface area contributed by atoms with Gasteiger partial charge in [0.05, 0.1) is 47.1 Å². The highest BCUT2D eigenvalue weighted by Gasteiger charge is 2.28. The van der Waals surface area contributed by atoms with Gasteiger partial charge in [-0.05, 0) is 54.6 Å². The third-order valence-corrected chi connectivity index (χ3v) is 7.78. The van der Waals surface area contributed by atoms with Crippen LogP contribution in [0.25, 0.3) is 0 Å². The van der Waals surface area contributed by atoms with E-state index in [4.69, 9.17) is 21.1 Å². The van der Waals surface area contributed by atoms with E-state index in [0.29, 0.717) is 24.7 Å². The fourth-order valence-corrected chi connectivity index (χ4v) is 5.27. The first-order chi connectivity index (χ1) is 17.3. The highest BCUT2D eigenvalue weighted by molar-refractivity contribution is 7.89. The van der Waals surface area contributed by atoms with Gasteiger partial charge in [0.15, 0.2) is 0 Å². The lowest BCUT2D eigenvalue weighted by molar-refractivity contribution is 0.0730. The van der Waals surface area contributed by atoms with Crippen LogP contribution in [0.3, 0.4) is 0 Å². The van der Waals surface area contributed by atoms with Crippen LogP contribution in [0.15, 0.2) is 71.6 Å². The molecule has 0 aliphatic carbocycles. The molecule has 0 bridgehead atoms. The normalized spacial score (nSPS) is 14.2. The first-order valence-corrected chi connectivity index (χ1v) is 12.8. The first-order valence-electron chi connectivity index (χ1n) is 11.0. The van der Waals surface area contributed by atoms with Crippen molar-refractivity contribution >= 4 is 44.8 Å². The smallest absolute Gasteiger partial charge is 0.257 e. The monoisotopic (exact) mass is 529 g/mol. The number of nitrogens with zero attached hydrogens (tertiary/aromatic N) is 1. The standard InChI is InChI=1S/C25H24ClN3O6S/c1-34-18-8-6-17(7-9-18)27-24(30)20-4-2-3-5-23(20)28-25(31)21-16-19(10-11-22(21)26)36(32,33)29-12-14-35-15-13-29/h2-11,16H,12-15H2,1H3,(H,27,30)(H,28,31). The van der Waals surface area contributed by atoms with Gasteiger partial charge in [0.25, 0.3) is 11.8 Å². The van der Waals surface area contributed by atoms with Crippen LogP contribution in [-0.2, 0) is 14.8 Å². The Bertz CT molecular complexity index is 1370. The topological polar surface area (TPSA) is 114 Å². The zero-order valence-electron chi connectivity index (χ0n) is 19.4. The van der Waals surface area contributed by atoms with E-state index in [1.165, 1.54) is 22.5 Å². The summed E-state index contributed by atoms with van der Waals surface area (Å²) in [7, 11) is -2.28. The van der Waals surface area contributed by atoms with Gasteiger partial charge in [-0.15, -0.1) is 0 Å². The molecule has 0 unspecified atom stereocenters. The van der Waals surface area contributed by atoms with Crippen LogP contribution in [0.4, 0.5) is 11.4 Å². The number of sulfonamides is 1. The van der Waals surface area contributed by atoms with Crippen molar-refractivity contribution in [1.82, 2.24) is 4.31 Å². The molecule has 0 aromatic heterocycles. The van der Waals surface area contributed by atoms with Crippen molar-refractivity contribution in [2.24, 2.45) is 0 Å². The van der Waals surface area contributed by atoms with Crippen molar-refractivity contribution < 1.29 is 27.5 Å². The highest BCUT2D eigenvalue weighted by Crippen LogP contribution is 2.26. The predicted octanol–water partition coefficient (Wildman–Crippen LogP) is 3.87. The average molecular weight is 530 g/mol. The Kier molecular flexibility index (Phi) is 7.90. The molecule has 3 aromatic rings. The van der Waals surface area contributed by atoms with Gasteiger partial charge in [-0.1, -0.05) is 23.7 Å². The van der Waals surface area contributed by atoms with Gasteiger partial charge in [0.2, 0.25) is 10.0 Å². The van der Waals surface area contributed by atoms with Crippen LogP contribution in [-0.4, -0.2) is 58.0 Å². The van der Waals surface area contributed by atoms with E-state index < -0.39 is 21.8 Å². The van der Waals surface area contributed by atoms with Crippen LogP contribution in [0, 0.1) is 0 Å². The molecule has 0 saturated carbocycles. The molecular weight excluding hydrogens is 506 g/mol. The first kappa shape index (κ1) is 25.6. The Hall–Kier alpha value is -3.44. The van der Waals surface area contributed by atoms with Gasteiger partial charge >= 0.3 is 0 Å². The average Bonchev–Trinajstić information content (AvgIpc) is 2.90. The van der Waals surface area contributed by atoms with E-state index in [-0.39, 0.29) is 39.8 Å². The number of ether oxygens (including phenoxy) is 2. The van der Waals surface area contributed by atoms with E-state index in [1.54, 1.807) is 55.6 Å². The second kappa shape index (κ2) is 11.1. The molecule has 1 aliphatic rings. The summed E-state index contributed by atoms with van der Waals surface area (Å²) in [6.45, 7) is 1.05. The lowest BCUT2D eigenvalue weighted by atomic mass is 10.1. The van der Waals surface area contributed by atoms with Crippen molar-refractivity contribution in [1.29, 1.82) is 0 Å². The third kappa shape index (κ3) is 5.68. The lowest BCUT2D eigenvalue weighted by Gasteiger charge is -2.26. The van der Waals surface area contributed by atoms with Crippen LogP contribution in [0.5, 0.6) is 5.75 Å². The van der Waals surface area contributed by atoms with E-state index in [1.807, 2.05) is 0 Å². The SMILES string of the molecule is COc1ccc(NC(=O)c2ccccc2NC(=O)c2cc(S(=O)(=O)N3CCOCC3)ccc2Cl)cc1. The fourth-order valence-electron chi connectivity index (χ4n) is 3.63. The number of carbonyl (C=O) groups excluding carboxylic acids is 2. The summed E-state index contributed by atoms with van der Waals surface area (Å²) >= 11 is 6.25. The summed E-state index contributed by atoms with van der Waals surface area (Å²) < 4.78 is 37.7. The van der Waals surface area contributed by atoms with E-state index in [2.05, 4.69) is 10.6 Å². The number of benzene rings is 3. The number of methoxy groups -OCH3 is 1. The second-order valence-electron chi connectivity index (χ2n) is 7.84. The minimum atomic E-state index is -3.83. The lowest BCUT2D eigenvalue weighted by Crippen LogP contribution is -2.40. The Morgan fingerprint density at radius 1 is 0.917 bits per heavy atom. The number of para-hydroxylation sites is 1. The molecule has 36 heavy (non-hydrogen) atoms. The molecular formula is C25H24ClN3O6S. The fraction of sp³-hybridized carbons (Fsp3) is 0.200. The summed E-state index contributed by atoms with van der Waals surface area (Å²) in [4.78, 5) is 26.0. The van der Waals surface area contributed by atoms with Gasteiger partial charge in [-0.2, -0.15) is 4.31 Å². The molecule has 188 valence electrons. The molecule has 0 radical (unpaired) electrons. The van der Waals surface area contributed by atoms with Gasteiger partial charge in [-0.25, -0.2) is 8.42 Å². The molecule has 2 amide bonds. The predicted molar refractivity (Wildman–Crippen MR) is 136 cm³/mol. The van der Waals surface area contributed by atoms with Crippen LogP contribution < -0.4 is 15.4 Å². The summed E-state index contributed by atoms with van der Waals surface area (Å²) in [6.07, 6.45) is 0. The number of hydrogen-bond acceptors (Lipinski definition) is 6. The number of halogens is 1. The van der Waals surface area contributed by atoms with Crippen LogP contribution >= 0.6 is 11.6 Å². The maximum absolute atomic E-state index is 13.1.